The summed E-state index contributed by atoms with van der Waals surface area (Å²) < 4.78 is 2.26. The van der Waals surface area contributed by atoms with Crippen LogP contribution in [0.25, 0.3) is 11.0 Å². The van der Waals surface area contributed by atoms with Gasteiger partial charge in [-0.25, -0.2) is 4.98 Å². The molecule has 0 unspecified atom stereocenters. The van der Waals surface area contributed by atoms with Gasteiger partial charge in [0.2, 0.25) is 0 Å². The van der Waals surface area contributed by atoms with E-state index < -0.39 is 0 Å². The third-order valence-corrected chi connectivity index (χ3v) is 4.21. The molecule has 2 nitrogen and oxygen atoms in total. The summed E-state index contributed by atoms with van der Waals surface area (Å²) in [4.78, 5) is 4.82. The van der Waals surface area contributed by atoms with Gasteiger partial charge in [0.25, 0.3) is 0 Å². The largest absolute Gasteiger partial charge is 0.331 e. The number of nitrogens with zero attached hydrogens (tertiary/aromatic N) is 2. The minimum absolute atomic E-state index is 1.11. The highest BCUT2D eigenvalue weighted by Crippen LogP contribution is 2.19. The van der Waals surface area contributed by atoms with Crippen LogP contribution in [0.1, 0.15) is 63.3 Å². The van der Waals surface area contributed by atoms with Crippen molar-refractivity contribution in [2.45, 2.75) is 65.2 Å². The Morgan fingerprint density at radius 2 is 1.70 bits per heavy atom. The smallest absolute Gasteiger partial charge is 0.109 e. The zero-order valence-corrected chi connectivity index (χ0v) is 13.3. The molecule has 0 aliphatic carbocycles. The highest BCUT2D eigenvalue weighted by atomic mass is 15.1. The lowest BCUT2D eigenvalue weighted by molar-refractivity contribution is 0.581. The lowest BCUT2D eigenvalue weighted by Gasteiger charge is -2.03. The van der Waals surface area contributed by atoms with Crippen molar-refractivity contribution in [2.75, 3.05) is 0 Å². The number of unbranched alkanes of at least 4 members (excludes halogenated alkanes) is 6. The molecule has 1 aromatic heterocycles. The normalized spacial score (nSPS) is 11.3. The van der Waals surface area contributed by atoms with Crippen LogP contribution in [0, 0.1) is 6.92 Å². The van der Waals surface area contributed by atoms with Gasteiger partial charge in [0.1, 0.15) is 5.82 Å². The van der Waals surface area contributed by atoms with Crippen molar-refractivity contribution in [3.05, 3.63) is 29.6 Å². The molecule has 0 atom stereocenters. The summed E-state index contributed by atoms with van der Waals surface area (Å²) in [6.45, 7) is 4.42. The van der Waals surface area contributed by atoms with Crippen LogP contribution >= 0.6 is 0 Å². The Bertz CT molecular complexity index is 540. The fourth-order valence-electron chi connectivity index (χ4n) is 2.87. The van der Waals surface area contributed by atoms with E-state index in [0.29, 0.717) is 0 Å². The van der Waals surface area contributed by atoms with Crippen LogP contribution < -0.4 is 0 Å². The van der Waals surface area contributed by atoms with Crippen LogP contribution in [0.4, 0.5) is 0 Å². The second-order valence-corrected chi connectivity index (χ2v) is 5.90. The van der Waals surface area contributed by atoms with Crippen molar-refractivity contribution in [1.29, 1.82) is 0 Å². The van der Waals surface area contributed by atoms with Crippen LogP contribution in [0.3, 0.4) is 0 Å². The molecule has 0 aliphatic rings. The number of hydrogen-bond donors (Lipinski definition) is 0. The molecule has 0 N–H and O–H groups in total. The monoisotopic (exact) mass is 272 g/mol. The van der Waals surface area contributed by atoms with Gasteiger partial charge in [-0.3, -0.25) is 0 Å². The number of aryl methyl sites for hydroxylation is 3. The summed E-state index contributed by atoms with van der Waals surface area (Å²) in [5.41, 5.74) is 3.72. The topological polar surface area (TPSA) is 17.8 Å². The molecular formula is C18H28N2. The Balaban J connectivity index is 1.84. The number of imidazole rings is 1. The predicted molar refractivity (Wildman–Crippen MR) is 87.1 cm³/mol. The quantitative estimate of drug-likeness (QED) is 0.606. The number of hydrogen-bond acceptors (Lipinski definition) is 1. The zero-order chi connectivity index (χ0) is 14.4. The molecule has 0 saturated carbocycles. The first-order chi connectivity index (χ1) is 9.74. The molecule has 0 bridgehead atoms. The van der Waals surface area contributed by atoms with E-state index in [2.05, 4.69) is 43.7 Å². The van der Waals surface area contributed by atoms with Gasteiger partial charge in [-0.15, -0.1) is 0 Å². The van der Waals surface area contributed by atoms with Gasteiger partial charge >= 0.3 is 0 Å². The van der Waals surface area contributed by atoms with Crippen molar-refractivity contribution in [3.63, 3.8) is 0 Å². The minimum Gasteiger partial charge on any atom is -0.331 e. The van der Waals surface area contributed by atoms with Gasteiger partial charge in [-0.05, 0) is 25.0 Å². The lowest BCUT2D eigenvalue weighted by atomic mass is 10.1. The molecule has 0 radical (unpaired) electrons. The van der Waals surface area contributed by atoms with Gasteiger partial charge in [0.15, 0.2) is 0 Å². The van der Waals surface area contributed by atoms with E-state index in [-0.39, 0.29) is 0 Å². The van der Waals surface area contributed by atoms with E-state index in [0.717, 1.165) is 6.42 Å². The van der Waals surface area contributed by atoms with Gasteiger partial charge < -0.3 is 4.57 Å². The van der Waals surface area contributed by atoms with Gasteiger partial charge in [0.05, 0.1) is 11.0 Å². The average molecular weight is 272 g/mol. The van der Waals surface area contributed by atoms with Crippen molar-refractivity contribution < 1.29 is 0 Å². The SMILES string of the molecule is CCCCCCCCCc1nc2c(C)cccc2n1C. The van der Waals surface area contributed by atoms with Crippen LogP contribution in [-0.4, -0.2) is 9.55 Å². The molecule has 0 aliphatic heterocycles. The average Bonchev–Trinajstić information content (AvgIpc) is 2.77. The molecule has 2 rings (SSSR count). The Labute approximate surface area is 123 Å². The van der Waals surface area contributed by atoms with Gasteiger partial charge in [-0.2, -0.15) is 0 Å². The number of aromatic nitrogens is 2. The first kappa shape index (κ1) is 15.1. The van der Waals surface area contributed by atoms with Gasteiger partial charge in [0, 0.05) is 13.5 Å². The van der Waals surface area contributed by atoms with Crippen molar-refractivity contribution in [2.24, 2.45) is 7.05 Å². The maximum atomic E-state index is 4.82. The fourth-order valence-corrected chi connectivity index (χ4v) is 2.87. The molecule has 0 spiro atoms. The summed E-state index contributed by atoms with van der Waals surface area (Å²) in [7, 11) is 2.14. The number of fused-ring (bicyclic) bond motifs is 1. The predicted octanol–water partition coefficient (Wildman–Crippen LogP) is 5.17. The Kier molecular flexibility index (Phi) is 5.63. The molecule has 0 saturated heterocycles. The molecule has 20 heavy (non-hydrogen) atoms. The zero-order valence-electron chi connectivity index (χ0n) is 13.3. The molecule has 0 fully saturated rings. The number of benzene rings is 1. The van der Waals surface area contributed by atoms with E-state index in [1.54, 1.807) is 0 Å². The molecule has 110 valence electrons. The van der Waals surface area contributed by atoms with Crippen LogP contribution in [-0.2, 0) is 13.5 Å². The second kappa shape index (κ2) is 7.47. The molecule has 1 aromatic carbocycles. The van der Waals surface area contributed by atoms with Crippen LogP contribution in [0.5, 0.6) is 0 Å². The summed E-state index contributed by atoms with van der Waals surface area (Å²) in [5, 5.41) is 0. The van der Waals surface area contributed by atoms with E-state index in [1.807, 2.05) is 0 Å². The molecule has 0 amide bonds. The Morgan fingerprint density at radius 3 is 2.40 bits per heavy atom. The molecule has 2 aromatic rings. The summed E-state index contributed by atoms with van der Waals surface area (Å²) in [6.07, 6.45) is 10.6. The summed E-state index contributed by atoms with van der Waals surface area (Å²) in [5.74, 6) is 1.24. The molecule has 1 heterocycles. The standard InChI is InChI=1S/C18H28N2/c1-4-5-6-7-8-9-10-14-17-19-18-15(2)12-11-13-16(18)20(17)3/h11-13H,4-10,14H2,1-3H3. The maximum Gasteiger partial charge on any atom is 0.109 e. The molecule has 2 heteroatoms. The third-order valence-electron chi connectivity index (χ3n) is 4.21. The van der Waals surface area contributed by atoms with E-state index >= 15 is 0 Å². The summed E-state index contributed by atoms with van der Waals surface area (Å²) >= 11 is 0. The Morgan fingerprint density at radius 1 is 1.00 bits per heavy atom. The Hall–Kier alpha value is -1.31. The van der Waals surface area contributed by atoms with E-state index in [4.69, 9.17) is 4.98 Å². The van der Waals surface area contributed by atoms with Crippen LogP contribution in [0.15, 0.2) is 18.2 Å². The maximum absolute atomic E-state index is 4.82. The number of para-hydroxylation sites is 1. The number of rotatable bonds is 8. The van der Waals surface area contributed by atoms with E-state index in [9.17, 15) is 0 Å². The van der Waals surface area contributed by atoms with Gasteiger partial charge in [-0.1, -0.05) is 57.6 Å². The first-order valence-corrected chi connectivity index (χ1v) is 8.15. The highest BCUT2D eigenvalue weighted by molar-refractivity contribution is 5.79. The lowest BCUT2D eigenvalue weighted by Crippen LogP contribution is -1.97. The minimum atomic E-state index is 1.11. The third kappa shape index (κ3) is 3.62. The second-order valence-electron chi connectivity index (χ2n) is 5.90. The first-order valence-electron chi connectivity index (χ1n) is 8.15. The van der Waals surface area contributed by atoms with Crippen molar-refractivity contribution >= 4 is 11.0 Å². The fraction of sp³-hybridized carbons (Fsp3) is 0.611. The highest BCUT2D eigenvalue weighted by Gasteiger charge is 2.08. The van der Waals surface area contributed by atoms with E-state index in [1.165, 1.54) is 67.4 Å². The summed E-state index contributed by atoms with van der Waals surface area (Å²) in [6, 6.07) is 6.44. The van der Waals surface area contributed by atoms with Crippen molar-refractivity contribution in [1.82, 2.24) is 9.55 Å². The van der Waals surface area contributed by atoms with Crippen LogP contribution in [0.2, 0.25) is 0 Å². The van der Waals surface area contributed by atoms with Crippen molar-refractivity contribution in [3.8, 4) is 0 Å². The molecular weight excluding hydrogens is 244 g/mol.